The fraction of sp³-hybridized carbons (Fsp3) is 0.100. The molecule has 1 aromatic heterocycles. The number of hydrogen-bond donors (Lipinski definition) is 1. The van der Waals surface area contributed by atoms with Crippen LogP contribution in [0.15, 0.2) is 34.1 Å². The smallest absolute Gasteiger partial charge is 0.180 e. The van der Waals surface area contributed by atoms with E-state index in [4.69, 9.17) is 10.5 Å². The largest absolute Gasteiger partial charge is 0.487 e. The van der Waals surface area contributed by atoms with Gasteiger partial charge in [-0.25, -0.2) is 4.98 Å². The standard InChI is InChI=1S/C10H9BrN2OS/c11-7-2-1-3-9(4-7)14-5-8-6-15-10(12)13-8/h1-4,6H,5H2,(H2,12,13). The second kappa shape index (κ2) is 4.63. The first kappa shape index (κ1) is 10.4. The highest BCUT2D eigenvalue weighted by molar-refractivity contribution is 9.10. The van der Waals surface area contributed by atoms with Crippen molar-refractivity contribution in [2.45, 2.75) is 6.61 Å². The number of nitrogen functional groups attached to an aromatic ring is 1. The van der Waals surface area contributed by atoms with E-state index in [0.717, 1.165) is 15.9 Å². The van der Waals surface area contributed by atoms with E-state index >= 15 is 0 Å². The molecule has 5 heteroatoms. The van der Waals surface area contributed by atoms with Crippen LogP contribution < -0.4 is 10.5 Å². The molecular weight excluding hydrogens is 276 g/mol. The Labute approximate surface area is 100 Å². The monoisotopic (exact) mass is 284 g/mol. The van der Waals surface area contributed by atoms with Crippen LogP contribution in [-0.4, -0.2) is 4.98 Å². The van der Waals surface area contributed by atoms with E-state index in [2.05, 4.69) is 20.9 Å². The van der Waals surface area contributed by atoms with Gasteiger partial charge in [-0.3, -0.25) is 0 Å². The zero-order chi connectivity index (χ0) is 10.7. The highest BCUT2D eigenvalue weighted by Crippen LogP contribution is 2.19. The maximum Gasteiger partial charge on any atom is 0.180 e. The van der Waals surface area contributed by atoms with Gasteiger partial charge in [0, 0.05) is 9.85 Å². The van der Waals surface area contributed by atoms with Gasteiger partial charge in [0.1, 0.15) is 12.4 Å². The molecule has 0 saturated heterocycles. The van der Waals surface area contributed by atoms with E-state index in [-0.39, 0.29) is 0 Å². The van der Waals surface area contributed by atoms with Gasteiger partial charge >= 0.3 is 0 Å². The van der Waals surface area contributed by atoms with Crippen LogP contribution in [0, 0.1) is 0 Å². The number of rotatable bonds is 3. The average Bonchev–Trinajstić information content (AvgIpc) is 2.62. The number of hydrogen-bond acceptors (Lipinski definition) is 4. The molecule has 0 atom stereocenters. The van der Waals surface area contributed by atoms with Crippen LogP contribution in [0.2, 0.25) is 0 Å². The molecule has 1 aromatic carbocycles. The van der Waals surface area contributed by atoms with Crippen molar-refractivity contribution >= 4 is 32.4 Å². The van der Waals surface area contributed by atoms with Gasteiger partial charge < -0.3 is 10.5 Å². The first-order valence-electron chi connectivity index (χ1n) is 4.32. The molecule has 0 unspecified atom stereocenters. The van der Waals surface area contributed by atoms with Crippen LogP contribution in [0.1, 0.15) is 5.69 Å². The second-order valence-electron chi connectivity index (χ2n) is 2.92. The normalized spacial score (nSPS) is 10.2. The topological polar surface area (TPSA) is 48.1 Å². The molecule has 0 spiro atoms. The SMILES string of the molecule is Nc1nc(COc2cccc(Br)c2)cs1. The number of benzene rings is 1. The molecule has 15 heavy (non-hydrogen) atoms. The summed E-state index contributed by atoms with van der Waals surface area (Å²) in [7, 11) is 0. The molecule has 0 radical (unpaired) electrons. The lowest BCUT2D eigenvalue weighted by atomic mass is 10.3. The predicted molar refractivity (Wildman–Crippen MR) is 65.0 cm³/mol. The van der Waals surface area contributed by atoms with E-state index < -0.39 is 0 Å². The molecule has 0 aliphatic carbocycles. The third-order valence-electron chi connectivity index (χ3n) is 1.75. The third kappa shape index (κ3) is 2.94. The molecule has 3 nitrogen and oxygen atoms in total. The van der Waals surface area contributed by atoms with Gasteiger partial charge in [0.25, 0.3) is 0 Å². The van der Waals surface area contributed by atoms with E-state index in [1.807, 2.05) is 29.6 Å². The summed E-state index contributed by atoms with van der Waals surface area (Å²) < 4.78 is 6.54. The molecule has 78 valence electrons. The summed E-state index contributed by atoms with van der Waals surface area (Å²) in [6.45, 7) is 0.449. The summed E-state index contributed by atoms with van der Waals surface area (Å²) in [4.78, 5) is 4.11. The summed E-state index contributed by atoms with van der Waals surface area (Å²) in [5, 5.41) is 2.47. The van der Waals surface area contributed by atoms with E-state index in [0.29, 0.717) is 11.7 Å². The van der Waals surface area contributed by atoms with E-state index in [1.54, 1.807) is 0 Å². The number of thiazole rings is 1. The van der Waals surface area contributed by atoms with E-state index in [9.17, 15) is 0 Å². The molecule has 2 rings (SSSR count). The minimum Gasteiger partial charge on any atom is -0.487 e. The Balaban J connectivity index is 1.99. The van der Waals surface area contributed by atoms with Crippen molar-refractivity contribution in [2.24, 2.45) is 0 Å². The Morgan fingerprint density at radius 1 is 1.47 bits per heavy atom. The van der Waals surface area contributed by atoms with Gasteiger partial charge in [-0.05, 0) is 18.2 Å². The van der Waals surface area contributed by atoms with Crippen LogP contribution in [0.3, 0.4) is 0 Å². The molecule has 2 N–H and O–H groups in total. The van der Waals surface area contributed by atoms with Crippen LogP contribution >= 0.6 is 27.3 Å². The summed E-state index contributed by atoms with van der Waals surface area (Å²) in [5.74, 6) is 0.816. The van der Waals surface area contributed by atoms with E-state index in [1.165, 1.54) is 11.3 Å². The fourth-order valence-electron chi connectivity index (χ4n) is 1.10. The zero-order valence-electron chi connectivity index (χ0n) is 7.81. The third-order valence-corrected chi connectivity index (χ3v) is 2.97. The number of halogens is 1. The van der Waals surface area contributed by atoms with Crippen molar-refractivity contribution in [3.8, 4) is 5.75 Å². The maximum absolute atomic E-state index is 5.54. The molecule has 0 aliphatic heterocycles. The van der Waals surface area contributed by atoms with Crippen molar-refractivity contribution in [3.05, 3.63) is 39.8 Å². The highest BCUT2D eigenvalue weighted by atomic mass is 79.9. The Kier molecular flexibility index (Phi) is 3.23. The first-order chi connectivity index (χ1) is 7.24. The lowest BCUT2D eigenvalue weighted by Gasteiger charge is -2.03. The highest BCUT2D eigenvalue weighted by Gasteiger charge is 2.00. The summed E-state index contributed by atoms with van der Waals surface area (Å²) in [5.41, 5.74) is 6.37. The van der Waals surface area contributed by atoms with Crippen molar-refractivity contribution in [1.82, 2.24) is 4.98 Å². The molecule has 0 fully saturated rings. The Bertz CT molecular complexity index is 458. The second-order valence-corrected chi connectivity index (χ2v) is 4.73. The lowest BCUT2D eigenvalue weighted by molar-refractivity contribution is 0.302. The zero-order valence-corrected chi connectivity index (χ0v) is 10.2. The maximum atomic E-state index is 5.54. The number of ether oxygens (including phenoxy) is 1. The van der Waals surface area contributed by atoms with Gasteiger partial charge in [-0.2, -0.15) is 0 Å². The van der Waals surface area contributed by atoms with Gasteiger partial charge in [0.2, 0.25) is 0 Å². The lowest BCUT2D eigenvalue weighted by Crippen LogP contribution is -1.96. The molecule has 0 bridgehead atoms. The number of aromatic nitrogens is 1. The number of nitrogens with two attached hydrogens (primary N) is 1. The molecule has 0 amide bonds. The predicted octanol–water partition coefficient (Wildman–Crippen LogP) is 3.07. The number of nitrogens with zero attached hydrogens (tertiary/aromatic N) is 1. The molecular formula is C10H9BrN2OS. The quantitative estimate of drug-likeness (QED) is 0.942. The minimum atomic E-state index is 0.449. The van der Waals surface area contributed by atoms with Crippen LogP contribution in [0.25, 0.3) is 0 Å². The van der Waals surface area contributed by atoms with Crippen LogP contribution in [-0.2, 0) is 6.61 Å². The molecule has 2 aromatic rings. The minimum absolute atomic E-state index is 0.449. The Morgan fingerprint density at radius 2 is 2.33 bits per heavy atom. The van der Waals surface area contributed by atoms with Gasteiger partial charge in [0.15, 0.2) is 5.13 Å². The Hall–Kier alpha value is -1.07. The van der Waals surface area contributed by atoms with Crippen molar-refractivity contribution in [1.29, 1.82) is 0 Å². The van der Waals surface area contributed by atoms with Crippen LogP contribution in [0.4, 0.5) is 5.13 Å². The van der Waals surface area contributed by atoms with Crippen molar-refractivity contribution in [3.63, 3.8) is 0 Å². The van der Waals surface area contributed by atoms with Crippen LogP contribution in [0.5, 0.6) is 5.75 Å². The molecule has 0 saturated carbocycles. The summed E-state index contributed by atoms with van der Waals surface area (Å²) >= 11 is 4.80. The average molecular weight is 285 g/mol. The van der Waals surface area contributed by atoms with Gasteiger partial charge in [-0.1, -0.05) is 22.0 Å². The Morgan fingerprint density at radius 3 is 3.00 bits per heavy atom. The summed E-state index contributed by atoms with van der Waals surface area (Å²) in [6.07, 6.45) is 0. The summed E-state index contributed by atoms with van der Waals surface area (Å²) in [6, 6.07) is 7.69. The number of anilines is 1. The van der Waals surface area contributed by atoms with Gasteiger partial charge in [-0.15, -0.1) is 11.3 Å². The molecule has 1 heterocycles. The van der Waals surface area contributed by atoms with Gasteiger partial charge in [0.05, 0.1) is 5.69 Å². The first-order valence-corrected chi connectivity index (χ1v) is 5.99. The van der Waals surface area contributed by atoms with Crippen molar-refractivity contribution < 1.29 is 4.74 Å². The molecule has 0 aliphatic rings. The van der Waals surface area contributed by atoms with Crippen molar-refractivity contribution in [2.75, 3.05) is 5.73 Å². The fourth-order valence-corrected chi connectivity index (χ4v) is 2.03.